The van der Waals surface area contributed by atoms with E-state index in [9.17, 15) is 5.11 Å². The molecule has 0 bridgehead atoms. The number of aryl methyl sites for hydroxylation is 2. The lowest BCUT2D eigenvalue weighted by Gasteiger charge is -2.09. The topological polar surface area (TPSA) is 55.9 Å². The van der Waals surface area contributed by atoms with Crippen LogP contribution in [-0.2, 0) is 20.5 Å². The average molecular weight is 255 g/mol. The van der Waals surface area contributed by atoms with Crippen molar-refractivity contribution in [3.05, 3.63) is 35.1 Å². The van der Waals surface area contributed by atoms with Crippen molar-refractivity contribution in [1.82, 2.24) is 19.3 Å². The molecule has 0 aliphatic rings. The van der Waals surface area contributed by atoms with Crippen molar-refractivity contribution in [2.45, 2.75) is 18.9 Å². The maximum absolute atomic E-state index is 10.0. The Bertz CT molecular complexity index is 505. The zero-order valence-electron chi connectivity index (χ0n) is 9.84. The molecule has 0 fully saturated rings. The maximum atomic E-state index is 10.0. The molecule has 2 heterocycles. The van der Waals surface area contributed by atoms with Gasteiger partial charge in [0.15, 0.2) is 0 Å². The normalized spacial score (nSPS) is 12.9. The number of hydrogen-bond donors (Lipinski definition) is 1. The first-order valence-electron chi connectivity index (χ1n) is 5.40. The van der Waals surface area contributed by atoms with E-state index in [0.717, 1.165) is 12.0 Å². The molecule has 2 aromatic heterocycles. The molecule has 0 spiro atoms. The fourth-order valence-corrected chi connectivity index (χ4v) is 1.88. The lowest BCUT2D eigenvalue weighted by Crippen LogP contribution is -2.07. The summed E-state index contributed by atoms with van der Waals surface area (Å²) in [6, 6.07) is 0. The van der Waals surface area contributed by atoms with Gasteiger partial charge >= 0.3 is 0 Å². The molecule has 5 nitrogen and oxygen atoms in total. The Morgan fingerprint density at radius 2 is 2.18 bits per heavy atom. The largest absolute Gasteiger partial charge is 0.385 e. The molecular formula is C11H15ClN4O. The Morgan fingerprint density at radius 3 is 2.71 bits per heavy atom. The SMILES string of the molecule is Cn1cc(CCC(O)c2ncc(Cl)n2C)cn1. The van der Waals surface area contributed by atoms with Gasteiger partial charge in [0.25, 0.3) is 0 Å². The first-order chi connectivity index (χ1) is 8.08. The third-order valence-corrected chi connectivity index (χ3v) is 3.08. The Balaban J connectivity index is 1.98. The van der Waals surface area contributed by atoms with Gasteiger partial charge in [0.2, 0.25) is 0 Å². The third-order valence-electron chi connectivity index (χ3n) is 2.73. The number of aliphatic hydroxyl groups is 1. The average Bonchev–Trinajstić information content (AvgIpc) is 2.84. The van der Waals surface area contributed by atoms with Gasteiger partial charge in [-0.2, -0.15) is 5.10 Å². The van der Waals surface area contributed by atoms with Crippen molar-refractivity contribution in [2.75, 3.05) is 0 Å². The second-order valence-corrected chi connectivity index (χ2v) is 4.46. The van der Waals surface area contributed by atoms with E-state index in [0.29, 0.717) is 17.4 Å². The van der Waals surface area contributed by atoms with Crippen LogP contribution >= 0.6 is 11.6 Å². The van der Waals surface area contributed by atoms with Crippen molar-refractivity contribution in [3.8, 4) is 0 Å². The van der Waals surface area contributed by atoms with Crippen molar-refractivity contribution in [3.63, 3.8) is 0 Å². The van der Waals surface area contributed by atoms with Crippen LogP contribution in [0.15, 0.2) is 18.6 Å². The number of hydrogen-bond acceptors (Lipinski definition) is 3. The molecule has 6 heteroatoms. The zero-order valence-corrected chi connectivity index (χ0v) is 10.6. The van der Waals surface area contributed by atoms with Crippen LogP contribution in [0.5, 0.6) is 0 Å². The quantitative estimate of drug-likeness (QED) is 0.899. The van der Waals surface area contributed by atoms with Gasteiger partial charge in [0, 0.05) is 20.3 Å². The van der Waals surface area contributed by atoms with Gasteiger partial charge < -0.3 is 9.67 Å². The summed E-state index contributed by atoms with van der Waals surface area (Å²) in [5.41, 5.74) is 1.10. The summed E-state index contributed by atoms with van der Waals surface area (Å²) in [5, 5.41) is 14.6. The molecule has 0 aliphatic carbocycles. The molecule has 0 amide bonds. The Kier molecular flexibility index (Phi) is 3.49. The minimum Gasteiger partial charge on any atom is -0.385 e. The monoisotopic (exact) mass is 254 g/mol. The van der Waals surface area contributed by atoms with Gasteiger partial charge in [-0.3, -0.25) is 4.68 Å². The summed E-state index contributed by atoms with van der Waals surface area (Å²) in [6.07, 6.45) is 6.06. The number of rotatable bonds is 4. The fraction of sp³-hybridized carbons (Fsp3) is 0.455. The number of halogens is 1. The van der Waals surface area contributed by atoms with Crippen LogP contribution < -0.4 is 0 Å². The van der Waals surface area contributed by atoms with Crippen molar-refractivity contribution in [1.29, 1.82) is 0 Å². The van der Waals surface area contributed by atoms with Crippen molar-refractivity contribution >= 4 is 11.6 Å². The number of nitrogens with zero attached hydrogens (tertiary/aromatic N) is 4. The molecule has 0 radical (unpaired) electrons. The maximum Gasteiger partial charge on any atom is 0.138 e. The second-order valence-electron chi connectivity index (χ2n) is 4.07. The molecule has 1 atom stereocenters. The Hall–Kier alpha value is -1.33. The molecule has 2 aromatic rings. The van der Waals surface area contributed by atoms with Crippen LogP contribution in [0.3, 0.4) is 0 Å². The zero-order chi connectivity index (χ0) is 12.4. The fourth-order valence-electron chi connectivity index (χ4n) is 1.75. The van der Waals surface area contributed by atoms with Crippen molar-refractivity contribution < 1.29 is 5.11 Å². The van der Waals surface area contributed by atoms with E-state index in [1.165, 1.54) is 0 Å². The molecule has 17 heavy (non-hydrogen) atoms. The predicted molar refractivity (Wildman–Crippen MR) is 64.7 cm³/mol. The van der Waals surface area contributed by atoms with Crippen molar-refractivity contribution in [2.24, 2.45) is 14.1 Å². The Labute approximate surface area is 105 Å². The van der Waals surface area contributed by atoms with E-state index < -0.39 is 6.10 Å². The first kappa shape index (κ1) is 12.1. The lowest BCUT2D eigenvalue weighted by atomic mass is 10.1. The summed E-state index contributed by atoms with van der Waals surface area (Å²) in [7, 11) is 3.66. The van der Waals surface area contributed by atoms with Crippen LogP contribution in [0.4, 0.5) is 0 Å². The third kappa shape index (κ3) is 2.68. The van der Waals surface area contributed by atoms with E-state index in [1.807, 2.05) is 13.2 Å². The van der Waals surface area contributed by atoms with Gasteiger partial charge in [0.1, 0.15) is 17.1 Å². The minimum atomic E-state index is -0.604. The van der Waals surface area contributed by atoms with E-state index >= 15 is 0 Å². The summed E-state index contributed by atoms with van der Waals surface area (Å²) < 4.78 is 3.44. The van der Waals surface area contributed by atoms with Gasteiger partial charge in [-0.05, 0) is 18.4 Å². The van der Waals surface area contributed by atoms with Crippen LogP contribution in [0, 0.1) is 0 Å². The number of aromatic nitrogens is 4. The lowest BCUT2D eigenvalue weighted by molar-refractivity contribution is 0.155. The van der Waals surface area contributed by atoms with Crippen LogP contribution in [0.1, 0.15) is 23.9 Å². The van der Waals surface area contributed by atoms with E-state index in [-0.39, 0.29) is 0 Å². The summed E-state index contributed by atoms with van der Waals surface area (Å²) >= 11 is 5.87. The number of aliphatic hydroxyl groups excluding tert-OH is 1. The van der Waals surface area contributed by atoms with Crippen LogP contribution in [0.25, 0.3) is 0 Å². The molecule has 0 aliphatic heterocycles. The molecule has 0 saturated heterocycles. The predicted octanol–water partition coefficient (Wildman–Crippen LogP) is 1.47. The van der Waals surface area contributed by atoms with Crippen LogP contribution in [-0.4, -0.2) is 24.4 Å². The highest BCUT2D eigenvalue weighted by atomic mass is 35.5. The Morgan fingerprint density at radius 1 is 1.41 bits per heavy atom. The highest BCUT2D eigenvalue weighted by molar-refractivity contribution is 6.29. The molecule has 0 aromatic carbocycles. The van der Waals surface area contributed by atoms with Crippen LogP contribution in [0.2, 0.25) is 5.15 Å². The minimum absolute atomic E-state index is 0.528. The van der Waals surface area contributed by atoms with Gasteiger partial charge in [-0.15, -0.1) is 0 Å². The van der Waals surface area contributed by atoms with Gasteiger partial charge in [-0.1, -0.05) is 11.6 Å². The standard InChI is InChI=1S/C11H15ClN4O/c1-15-7-8(5-14-15)3-4-9(17)11-13-6-10(12)16(11)2/h5-7,9,17H,3-4H2,1-2H3. The summed E-state index contributed by atoms with van der Waals surface area (Å²) in [6.45, 7) is 0. The van der Waals surface area contributed by atoms with Gasteiger partial charge in [-0.25, -0.2) is 4.98 Å². The smallest absolute Gasteiger partial charge is 0.138 e. The highest BCUT2D eigenvalue weighted by Crippen LogP contribution is 2.20. The highest BCUT2D eigenvalue weighted by Gasteiger charge is 2.14. The van der Waals surface area contributed by atoms with E-state index in [4.69, 9.17) is 11.6 Å². The number of imidazole rings is 1. The molecule has 0 saturated carbocycles. The first-order valence-corrected chi connectivity index (χ1v) is 5.78. The molecule has 92 valence electrons. The molecule has 1 N–H and O–H groups in total. The summed E-state index contributed by atoms with van der Waals surface area (Å²) in [5.74, 6) is 0.596. The molecular weight excluding hydrogens is 240 g/mol. The van der Waals surface area contributed by atoms with Gasteiger partial charge in [0.05, 0.1) is 12.4 Å². The second kappa shape index (κ2) is 4.89. The molecule has 1 unspecified atom stereocenters. The molecule has 2 rings (SSSR count). The summed E-state index contributed by atoms with van der Waals surface area (Å²) in [4.78, 5) is 4.09. The van der Waals surface area contributed by atoms with E-state index in [1.54, 1.807) is 28.7 Å². The van der Waals surface area contributed by atoms with E-state index in [2.05, 4.69) is 10.1 Å².